The van der Waals surface area contributed by atoms with Gasteiger partial charge in [0.1, 0.15) is 11.6 Å². The highest BCUT2D eigenvalue weighted by Gasteiger charge is 2.37. The topological polar surface area (TPSA) is 96.8 Å². The molecule has 1 atom stereocenters. The molecule has 0 amide bonds. The summed E-state index contributed by atoms with van der Waals surface area (Å²) in [4.78, 5) is 24.9. The lowest BCUT2D eigenvalue weighted by molar-refractivity contribution is -0.160. The van der Waals surface area contributed by atoms with Gasteiger partial charge in [-0.2, -0.15) is 0 Å². The van der Waals surface area contributed by atoms with Crippen LogP contribution in [-0.4, -0.2) is 46.3 Å². The van der Waals surface area contributed by atoms with Gasteiger partial charge in [0.05, 0.1) is 29.3 Å². The summed E-state index contributed by atoms with van der Waals surface area (Å²) in [7, 11) is 0. The van der Waals surface area contributed by atoms with Gasteiger partial charge in [-0.1, -0.05) is 44.2 Å². The van der Waals surface area contributed by atoms with Crippen molar-refractivity contribution in [2.75, 3.05) is 24.6 Å². The molecule has 0 unspecified atom stereocenters. The summed E-state index contributed by atoms with van der Waals surface area (Å²) < 4.78 is 25.7. The number of pyridine rings is 2. The summed E-state index contributed by atoms with van der Waals surface area (Å²) in [6.07, 6.45) is 3.17. The number of aliphatic carboxylic acids is 1. The van der Waals surface area contributed by atoms with Gasteiger partial charge in [0.2, 0.25) is 0 Å². The van der Waals surface area contributed by atoms with Crippen LogP contribution in [0.15, 0.2) is 72.9 Å². The fourth-order valence-corrected chi connectivity index (χ4v) is 6.22. The average Bonchev–Trinajstić information content (AvgIpc) is 3.05. The molecule has 0 aliphatic carbocycles. The molecule has 1 fully saturated rings. The van der Waals surface area contributed by atoms with Gasteiger partial charge in [-0.25, -0.2) is 9.18 Å². The molecular weight excluding hydrogens is 619 g/mol. The van der Waals surface area contributed by atoms with Crippen molar-refractivity contribution in [3.63, 3.8) is 0 Å². The second-order valence-electron chi connectivity index (χ2n) is 14.6. The molecule has 4 aromatic rings. The van der Waals surface area contributed by atoms with Gasteiger partial charge in [0.25, 0.3) is 0 Å². The number of halogens is 1. The predicted octanol–water partition coefficient (Wildman–Crippen LogP) is 8.07. The minimum atomic E-state index is -1.21. The van der Waals surface area contributed by atoms with E-state index in [1.807, 2.05) is 70.2 Å². The van der Waals surface area contributed by atoms with Crippen molar-refractivity contribution >= 4 is 11.7 Å². The average molecular weight is 669 g/mol. The van der Waals surface area contributed by atoms with Crippen molar-refractivity contribution < 1.29 is 23.8 Å². The molecular formula is C40H49FN4O4. The first-order chi connectivity index (χ1) is 23.3. The Labute approximate surface area is 289 Å². The second kappa shape index (κ2) is 15.5. The molecule has 9 heteroatoms. The van der Waals surface area contributed by atoms with Crippen LogP contribution in [0.1, 0.15) is 81.8 Å². The molecule has 49 heavy (non-hydrogen) atoms. The number of carbonyl (C=O) groups is 1. The SMILES string of the molecule is Cc1nc(CNCc2ccccn2)c(-c2ccc(OCCc3ccc(F)cc3)cc2)c(N2CCC(C)(C)CC2)c1[C@H](OC(C)(C)C)C(=O)O. The van der Waals surface area contributed by atoms with Crippen molar-refractivity contribution in [1.29, 1.82) is 0 Å². The van der Waals surface area contributed by atoms with E-state index in [1.54, 1.807) is 18.3 Å². The number of piperidine rings is 1. The van der Waals surface area contributed by atoms with Gasteiger partial charge < -0.3 is 24.8 Å². The number of nitrogens with zero attached hydrogens (tertiary/aromatic N) is 3. The van der Waals surface area contributed by atoms with Crippen molar-refractivity contribution in [2.45, 2.75) is 85.6 Å². The smallest absolute Gasteiger partial charge is 0.337 e. The van der Waals surface area contributed by atoms with E-state index >= 15 is 0 Å². The van der Waals surface area contributed by atoms with Crippen LogP contribution in [-0.2, 0) is 29.0 Å². The number of aryl methyl sites for hydroxylation is 1. The summed E-state index contributed by atoms with van der Waals surface area (Å²) in [5.41, 5.74) is 6.10. The van der Waals surface area contributed by atoms with E-state index in [2.05, 4.69) is 29.0 Å². The van der Waals surface area contributed by atoms with Gasteiger partial charge in [-0.05, 0) is 93.5 Å². The Bertz CT molecular complexity index is 1690. The summed E-state index contributed by atoms with van der Waals surface area (Å²) in [6, 6.07) is 20.2. The molecule has 0 saturated carbocycles. The van der Waals surface area contributed by atoms with Crippen LogP contribution < -0.4 is 15.0 Å². The van der Waals surface area contributed by atoms with Gasteiger partial charge in [0, 0.05) is 55.6 Å². The van der Waals surface area contributed by atoms with Crippen LogP contribution in [0, 0.1) is 18.2 Å². The molecule has 260 valence electrons. The predicted molar refractivity (Wildman–Crippen MR) is 191 cm³/mol. The molecule has 0 radical (unpaired) electrons. The first-order valence-electron chi connectivity index (χ1n) is 17.1. The quantitative estimate of drug-likeness (QED) is 0.148. The maximum absolute atomic E-state index is 13.3. The zero-order valence-electron chi connectivity index (χ0n) is 29.6. The van der Waals surface area contributed by atoms with E-state index in [1.165, 1.54) is 12.1 Å². The van der Waals surface area contributed by atoms with Crippen molar-refractivity contribution in [3.8, 4) is 16.9 Å². The number of hydrogen-bond acceptors (Lipinski definition) is 7. The van der Waals surface area contributed by atoms with E-state index in [4.69, 9.17) is 14.5 Å². The molecule has 1 aliphatic rings. The molecule has 2 aromatic carbocycles. The standard InChI is InChI=1S/C40H49FN4O4/c1-27-34(37(38(46)47)49-39(2,3)4)36(45-22-19-40(5,6)20-23-45)35(33(44-27)26-42-25-31-9-7-8-21-43-31)29-12-16-32(17-13-29)48-24-18-28-10-14-30(41)15-11-28/h7-17,21,37,42H,18-20,22-26H2,1-6H3,(H,46,47)/t37-/m0/s1. The van der Waals surface area contributed by atoms with Gasteiger partial charge in [-0.3, -0.25) is 9.97 Å². The molecule has 8 nitrogen and oxygen atoms in total. The van der Waals surface area contributed by atoms with Crippen LogP contribution in [0.2, 0.25) is 0 Å². The highest BCUT2D eigenvalue weighted by atomic mass is 19.1. The monoisotopic (exact) mass is 668 g/mol. The van der Waals surface area contributed by atoms with Crippen molar-refractivity contribution in [2.24, 2.45) is 5.41 Å². The summed E-state index contributed by atoms with van der Waals surface area (Å²) in [6.45, 7) is 15.1. The maximum Gasteiger partial charge on any atom is 0.337 e. The van der Waals surface area contributed by atoms with Gasteiger partial charge >= 0.3 is 5.97 Å². The Morgan fingerprint density at radius 1 is 1.02 bits per heavy atom. The van der Waals surface area contributed by atoms with E-state index in [-0.39, 0.29) is 11.2 Å². The summed E-state index contributed by atoms with van der Waals surface area (Å²) >= 11 is 0. The lowest BCUT2D eigenvalue weighted by atomic mass is 9.81. The molecule has 2 aromatic heterocycles. The lowest BCUT2D eigenvalue weighted by Gasteiger charge is -2.41. The Morgan fingerprint density at radius 3 is 2.33 bits per heavy atom. The lowest BCUT2D eigenvalue weighted by Crippen LogP contribution is -2.39. The largest absolute Gasteiger partial charge is 0.493 e. The minimum Gasteiger partial charge on any atom is -0.493 e. The first-order valence-corrected chi connectivity index (χ1v) is 17.1. The third-order valence-electron chi connectivity index (χ3n) is 8.90. The van der Waals surface area contributed by atoms with E-state index in [0.717, 1.165) is 59.7 Å². The Kier molecular flexibility index (Phi) is 11.4. The zero-order valence-corrected chi connectivity index (χ0v) is 29.6. The molecule has 0 bridgehead atoms. The first kappa shape index (κ1) is 36.0. The normalized spacial score (nSPS) is 15.2. The second-order valence-corrected chi connectivity index (χ2v) is 14.6. The van der Waals surface area contributed by atoms with Crippen molar-refractivity contribution in [3.05, 3.63) is 107 Å². The fraction of sp³-hybridized carbons (Fsp3) is 0.425. The van der Waals surface area contributed by atoms with Gasteiger partial charge in [-0.15, -0.1) is 0 Å². The number of rotatable bonds is 13. The number of ether oxygens (including phenoxy) is 2. The fourth-order valence-electron chi connectivity index (χ4n) is 6.22. The Balaban J connectivity index is 1.57. The van der Waals surface area contributed by atoms with E-state index < -0.39 is 17.7 Å². The number of hydrogen-bond donors (Lipinski definition) is 2. The molecule has 0 spiro atoms. The van der Waals surface area contributed by atoms with Crippen molar-refractivity contribution in [1.82, 2.24) is 15.3 Å². The van der Waals surface area contributed by atoms with Crippen LogP contribution >= 0.6 is 0 Å². The minimum absolute atomic E-state index is 0.187. The van der Waals surface area contributed by atoms with Gasteiger partial charge in [0.15, 0.2) is 6.10 Å². The molecule has 1 aliphatic heterocycles. The summed E-state index contributed by atoms with van der Waals surface area (Å²) in [5, 5.41) is 14.1. The molecule has 2 N–H and O–H groups in total. The van der Waals surface area contributed by atoms with Crippen LogP contribution in [0.25, 0.3) is 11.1 Å². The Hall–Kier alpha value is -4.34. The maximum atomic E-state index is 13.3. The molecule has 1 saturated heterocycles. The van der Waals surface area contributed by atoms with E-state index in [0.29, 0.717) is 43.1 Å². The highest BCUT2D eigenvalue weighted by molar-refractivity contribution is 5.88. The van der Waals surface area contributed by atoms with Crippen LogP contribution in [0.4, 0.5) is 10.1 Å². The highest BCUT2D eigenvalue weighted by Crippen LogP contribution is 2.45. The number of benzene rings is 2. The molecule has 3 heterocycles. The number of anilines is 1. The third kappa shape index (κ3) is 9.64. The van der Waals surface area contributed by atoms with Crippen LogP contribution in [0.5, 0.6) is 5.75 Å². The molecule has 5 rings (SSSR count). The third-order valence-corrected chi connectivity index (χ3v) is 8.90. The number of carboxylic acids is 1. The Morgan fingerprint density at radius 2 is 1.71 bits per heavy atom. The van der Waals surface area contributed by atoms with Crippen LogP contribution in [0.3, 0.4) is 0 Å². The number of carboxylic acid groups (broad SMARTS) is 1. The van der Waals surface area contributed by atoms with E-state index in [9.17, 15) is 14.3 Å². The number of aromatic nitrogens is 2. The number of nitrogens with one attached hydrogen (secondary N) is 1. The zero-order chi connectivity index (χ0) is 35.2. The summed E-state index contributed by atoms with van der Waals surface area (Å²) in [5.74, 6) is -0.593.